The lowest BCUT2D eigenvalue weighted by Crippen LogP contribution is -2.45. The highest BCUT2D eigenvalue weighted by Gasteiger charge is 2.22. The van der Waals surface area contributed by atoms with Gasteiger partial charge in [-0.25, -0.2) is 0 Å². The molecule has 30 heavy (non-hydrogen) atoms. The molecule has 1 saturated carbocycles. The highest BCUT2D eigenvalue weighted by Crippen LogP contribution is 2.30. The maximum absolute atomic E-state index is 12.7. The molecule has 2 aromatic carbocycles. The van der Waals surface area contributed by atoms with Gasteiger partial charge in [0.1, 0.15) is 5.75 Å². The van der Waals surface area contributed by atoms with E-state index in [1.807, 2.05) is 29.2 Å². The Labute approximate surface area is 178 Å². The molecule has 0 spiro atoms. The van der Waals surface area contributed by atoms with Gasteiger partial charge in [0.05, 0.1) is 13.2 Å². The van der Waals surface area contributed by atoms with E-state index in [1.165, 1.54) is 24.0 Å². The lowest BCUT2D eigenvalue weighted by atomic mass is 10.00. The van der Waals surface area contributed by atoms with Gasteiger partial charge < -0.3 is 20.3 Å². The number of nitrogens with one attached hydrogen (secondary N) is 2. The molecule has 2 aromatic rings. The zero-order valence-electron chi connectivity index (χ0n) is 17.6. The van der Waals surface area contributed by atoms with Crippen molar-refractivity contribution in [2.75, 3.05) is 26.7 Å². The molecule has 1 amide bonds. The van der Waals surface area contributed by atoms with Gasteiger partial charge in [-0.15, -0.1) is 0 Å². The third-order valence-corrected chi connectivity index (χ3v) is 5.70. The topological polar surface area (TPSA) is 66.0 Å². The number of ether oxygens (including phenoxy) is 1. The molecule has 0 aromatic heterocycles. The zero-order chi connectivity index (χ0) is 20.8. The van der Waals surface area contributed by atoms with Gasteiger partial charge in [-0.05, 0) is 42.4 Å². The van der Waals surface area contributed by atoms with Crippen molar-refractivity contribution < 1.29 is 9.53 Å². The van der Waals surface area contributed by atoms with Crippen LogP contribution in [-0.2, 0) is 24.3 Å². The largest absolute Gasteiger partial charge is 0.493 e. The number of hydrogen-bond acceptors (Lipinski definition) is 3. The molecular formula is C24H30N4O2. The van der Waals surface area contributed by atoms with Crippen LogP contribution >= 0.6 is 0 Å². The third-order valence-electron chi connectivity index (χ3n) is 5.70. The minimum absolute atomic E-state index is 0.0839. The summed E-state index contributed by atoms with van der Waals surface area (Å²) < 4.78 is 5.97. The van der Waals surface area contributed by atoms with Crippen LogP contribution in [0.4, 0.5) is 0 Å². The Hall–Kier alpha value is -3.02. The molecule has 0 saturated heterocycles. The van der Waals surface area contributed by atoms with Crippen molar-refractivity contribution in [1.82, 2.24) is 15.5 Å². The van der Waals surface area contributed by atoms with Crippen molar-refractivity contribution in [3.8, 4) is 5.75 Å². The first-order valence-electron chi connectivity index (χ1n) is 10.7. The Morgan fingerprint density at radius 2 is 1.87 bits per heavy atom. The molecule has 1 aliphatic carbocycles. The molecule has 0 radical (unpaired) electrons. The van der Waals surface area contributed by atoms with Crippen LogP contribution in [0.5, 0.6) is 5.75 Å². The molecular weight excluding hydrogens is 376 g/mol. The van der Waals surface area contributed by atoms with E-state index < -0.39 is 0 Å². The molecule has 1 heterocycles. The molecule has 0 unspecified atom stereocenters. The number of carbonyl (C=O) groups excluding carboxylic acids is 1. The normalized spacial score (nSPS) is 16.0. The summed E-state index contributed by atoms with van der Waals surface area (Å²) in [7, 11) is 1.71. The molecule has 0 atom stereocenters. The van der Waals surface area contributed by atoms with Crippen LogP contribution in [0, 0.1) is 5.92 Å². The van der Waals surface area contributed by atoms with Gasteiger partial charge >= 0.3 is 0 Å². The van der Waals surface area contributed by atoms with E-state index in [0.29, 0.717) is 25.0 Å². The number of guanidine groups is 1. The quantitative estimate of drug-likeness (QED) is 0.548. The average molecular weight is 407 g/mol. The second kappa shape index (κ2) is 9.65. The second-order valence-electron chi connectivity index (χ2n) is 7.98. The Morgan fingerprint density at radius 1 is 1.10 bits per heavy atom. The predicted molar refractivity (Wildman–Crippen MR) is 118 cm³/mol. The number of nitrogens with zero attached hydrogens (tertiary/aromatic N) is 2. The van der Waals surface area contributed by atoms with Gasteiger partial charge in [-0.1, -0.05) is 42.5 Å². The number of aliphatic imine (C=N–C) groups is 1. The first-order chi connectivity index (χ1) is 14.7. The van der Waals surface area contributed by atoms with Gasteiger partial charge in [0.25, 0.3) is 0 Å². The number of carbonyl (C=O) groups is 1. The zero-order valence-corrected chi connectivity index (χ0v) is 17.6. The van der Waals surface area contributed by atoms with E-state index in [4.69, 9.17) is 4.74 Å². The van der Waals surface area contributed by atoms with Gasteiger partial charge in [-0.2, -0.15) is 0 Å². The van der Waals surface area contributed by atoms with E-state index in [0.717, 1.165) is 30.9 Å². The fourth-order valence-electron chi connectivity index (χ4n) is 3.66. The molecule has 158 valence electrons. The van der Waals surface area contributed by atoms with Crippen molar-refractivity contribution >= 4 is 11.9 Å². The summed E-state index contributed by atoms with van der Waals surface area (Å²) in [5.41, 5.74) is 3.66. The number of para-hydroxylation sites is 1. The van der Waals surface area contributed by atoms with E-state index in [1.54, 1.807) is 7.05 Å². The Balaban J connectivity index is 1.26. The third kappa shape index (κ3) is 5.32. The van der Waals surface area contributed by atoms with E-state index in [-0.39, 0.29) is 12.5 Å². The molecule has 2 N–H and O–H groups in total. The number of fused-ring (bicyclic) bond motifs is 1. The van der Waals surface area contributed by atoms with Crippen LogP contribution in [0.2, 0.25) is 0 Å². The highest BCUT2D eigenvalue weighted by atomic mass is 16.5. The van der Waals surface area contributed by atoms with Gasteiger partial charge in [0, 0.05) is 32.2 Å². The minimum atomic E-state index is 0.0839. The molecule has 1 fully saturated rings. The van der Waals surface area contributed by atoms with Crippen LogP contribution in [0.25, 0.3) is 0 Å². The van der Waals surface area contributed by atoms with E-state index in [9.17, 15) is 4.79 Å². The summed E-state index contributed by atoms with van der Waals surface area (Å²) in [6.45, 7) is 3.04. The van der Waals surface area contributed by atoms with Crippen LogP contribution in [0.3, 0.4) is 0 Å². The van der Waals surface area contributed by atoms with Crippen LogP contribution in [0.1, 0.15) is 29.5 Å². The molecule has 1 aliphatic heterocycles. The standard InChI is InChI=1S/C24H30N4O2/c1-25-24(26-14-20-7-4-5-9-22(20)30-17-18-10-11-18)27-15-23(29)28-13-12-19-6-2-3-8-21(19)16-28/h2-9,18H,10-17H2,1H3,(H2,25,26,27). The van der Waals surface area contributed by atoms with Crippen LogP contribution < -0.4 is 15.4 Å². The highest BCUT2D eigenvalue weighted by molar-refractivity contribution is 5.86. The SMILES string of the molecule is CN=C(NCC(=O)N1CCc2ccccc2C1)NCc1ccccc1OCC1CC1. The Bertz CT molecular complexity index is 908. The Morgan fingerprint density at radius 3 is 2.67 bits per heavy atom. The summed E-state index contributed by atoms with van der Waals surface area (Å²) >= 11 is 0. The van der Waals surface area contributed by atoms with Crippen molar-refractivity contribution in [1.29, 1.82) is 0 Å². The van der Waals surface area contributed by atoms with Crippen molar-refractivity contribution in [3.63, 3.8) is 0 Å². The summed E-state index contributed by atoms with van der Waals surface area (Å²) in [5.74, 6) is 2.32. The lowest BCUT2D eigenvalue weighted by Gasteiger charge is -2.29. The molecule has 6 nitrogen and oxygen atoms in total. The van der Waals surface area contributed by atoms with E-state index in [2.05, 4.69) is 39.9 Å². The summed E-state index contributed by atoms with van der Waals surface area (Å²) in [4.78, 5) is 18.8. The van der Waals surface area contributed by atoms with Gasteiger partial charge in [-0.3, -0.25) is 9.79 Å². The maximum Gasteiger partial charge on any atom is 0.242 e. The number of amides is 1. The predicted octanol–water partition coefficient (Wildman–Crippen LogP) is 2.73. The Kier molecular flexibility index (Phi) is 6.52. The van der Waals surface area contributed by atoms with Crippen molar-refractivity contribution in [2.45, 2.75) is 32.4 Å². The van der Waals surface area contributed by atoms with Crippen LogP contribution in [0.15, 0.2) is 53.5 Å². The van der Waals surface area contributed by atoms with Crippen molar-refractivity contribution in [3.05, 3.63) is 65.2 Å². The lowest BCUT2D eigenvalue weighted by molar-refractivity contribution is -0.130. The molecule has 6 heteroatoms. The first kappa shape index (κ1) is 20.3. The summed E-state index contributed by atoms with van der Waals surface area (Å²) in [6, 6.07) is 16.4. The van der Waals surface area contributed by atoms with Gasteiger partial charge in [0.2, 0.25) is 5.91 Å². The maximum atomic E-state index is 12.7. The number of benzene rings is 2. The minimum Gasteiger partial charge on any atom is -0.493 e. The number of rotatable bonds is 7. The molecule has 0 bridgehead atoms. The molecule has 2 aliphatic rings. The van der Waals surface area contributed by atoms with Crippen molar-refractivity contribution in [2.24, 2.45) is 10.9 Å². The fourth-order valence-corrected chi connectivity index (χ4v) is 3.66. The molecule has 4 rings (SSSR count). The average Bonchev–Trinajstić information content (AvgIpc) is 3.62. The van der Waals surface area contributed by atoms with Crippen LogP contribution in [-0.4, -0.2) is 43.5 Å². The fraction of sp³-hybridized carbons (Fsp3) is 0.417. The van der Waals surface area contributed by atoms with E-state index >= 15 is 0 Å². The first-order valence-corrected chi connectivity index (χ1v) is 10.7. The summed E-state index contributed by atoms with van der Waals surface area (Å²) in [6.07, 6.45) is 3.45. The summed E-state index contributed by atoms with van der Waals surface area (Å²) in [5, 5.41) is 6.44. The monoisotopic (exact) mass is 406 g/mol. The second-order valence-corrected chi connectivity index (χ2v) is 7.98. The number of hydrogen-bond donors (Lipinski definition) is 2. The van der Waals surface area contributed by atoms with Gasteiger partial charge in [0.15, 0.2) is 5.96 Å². The smallest absolute Gasteiger partial charge is 0.242 e.